The Balaban J connectivity index is 1.36. The van der Waals surface area contributed by atoms with E-state index in [9.17, 15) is 4.39 Å². The largest absolute Gasteiger partial charge is 0.341 e. The smallest absolute Gasteiger partial charge is 0.151 e. The molecule has 0 radical (unpaired) electrons. The van der Waals surface area contributed by atoms with E-state index in [-0.39, 0.29) is 5.82 Å². The number of benzene rings is 1. The highest BCUT2D eigenvalue weighted by Gasteiger charge is 2.22. The molecule has 126 valence electrons. The Kier molecular flexibility index (Phi) is 4.02. The lowest BCUT2D eigenvalue weighted by Gasteiger charge is -2.24. The van der Waals surface area contributed by atoms with Crippen molar-refractivity contribution in [1.82, 2.24) is 30.0 Å². The molecule has 24 heavy (non-hydrogen) atoms. The first-order valence-electron chi connectivity index (χ1n) is 8.49. The third-order valence-corrected chi connectivity index (χ3v) is 4.68. The van der Waals surface area contributed by atoms with E-state index in [1.807, 2.05) is 6.07 Å². The molecule has 2 N–H and O–H groups in total. The van der Waals surface area contributed by atoms with Gasteiger partial charge in [-0.2, -0.15) is 0 Å². The van der Waals surface area contributed by atoms with Crippen LogP contribution in [-0.4, -0.2) is 31.3 Å². The standard InChI is InChI=1S/C17H21FN6/c1-2-15-22-23-16-7-6-11(10-24(15)16)8-19-9-14-20-13-5-3-4-12(18)17(13)21-14/h3-5,11,19H,2,6-10H2,1H3,(H,20,21)/t11-/m0/s1. The van der Waals surface area contributed by atoms with Gasteiger partial charge in [0.1, 0.15) is 23.0 Å². The van der Waals surface area contributed by atoms with E-state index in [1.165, 1.54) is 6.07 Å². The number of imidazole rings is 1. The Morgan fingerprint density at radius 3 is 3.12 bits per heavy atom. The van der Waals surface area contributed by atoms with Crippen LogP contribution in [0.2, 0.25) is 0 Å². The second-order valence-corrected chi connectivity index (χ2v) is 6.35. The van der Waals surface area contributed by atoms with Crippen molar-refractivity contribution in [2.24, 2.45) is 5.92 Å². The second-order valence-electron chi connectivity index (χ2n) is 6.35. The fourth-order valence-corrected chi connectivity index (χ4v) is 3.41. The minimum Gasteiger partial charge on any atom is -0.341 e. The molecule has 3 heterocycles. The van der Waals surface area contributed by atoms with E-state index in [2.05, 4.69) is 37.0 Å². The van der Waals surface area contributed by atoms with E-state index in [1.54, 1.807) is 6.07 Å². The van der Waals surface area contributed by atoms with Crippen molar-refractivity contribution in [2.45, 2.75) is 39.3 Å². The van der Waals surface area contributed by atoms with Gasteiger partial charge in [-0.05, 0) is 24.5 Å². The zero-order valence-corrected chi connectivity index (χ0v) is 13.7. The minimum atomic E-state index is -0.283. The zero-order chi connectivity index (χ0) is 16.5. The Hall–Kier alpha value is -2.28. The number of H-pyrrole nitrogens is 1. The molecule has 1 aromatic carbocycles. The molecule has 7 heteroatoms. The average Bonchev–Trinajstić information content (AvgIpc) is 3.19. The van der Waals surface area contributed by atoms with Gasteiger partial charge in [0.05, 0.1) is 12.1 Å². The van der Waals surface area contributed by atoms with Crippen LogP contribution in [0, 0.1) is 11.7 Å². The molecule has 0 unspecified atom stereocenters. The Labute approximate surface area is 139 Å². The van der Waals surface area contributed by atoms with Crippen molar-refractivity contribution in [1.29, 1.82) is 0 Å². The van der Waals surface area contributed by atoms with Crippen molar-refractivity contribution in [3.8, 4) is 0 Å². The SMILES string of the molecule is CCc1nnc2n1C[C@H](CNCc1nc3c(F)cccc3[nH]1)CC2. The molecule has 0 spiro atoms. The number of rotatable bonds is 5. The van der Waals surface area contributed by atoms with Crippen LogP contribution < -0.4 is 5.32 Å². The fraction of sp³-hybridized carbons (Fsp3) is 0.471. The third-order valence-electron chi connectivity index (χ3n) is 4.68. The maximum Gasteiger partial charge on any atom is 0.151 e. The molecule has 1 aliphatic rings. The van der Waals surface area contributed by atoms with Gasteiger partial charge in [-0.3, -0.25) is 0 Å². The molecule has 0 bridgehead atoms. The first-order chi connectivity index (χ1) is 11.7. The van der Waals surface area contributed by atoms with Gasteiger partial charge in [0, 0.05) is 25.9 Å². The maximum absolute atomic E-state index is 13.7. The summed E-state index contributed by atoms with van der Waals surface area (Å²) in [6, 6.07) is 4.97. The number of nitrogens with zero attached hydrogens (tertiary/aromatic N) is 4. The monoisotopic (exact) mass is 328 g/mol. The number of nitrogens with one attached hydrogen (secondary N) is 2. The summed E-state index contributed by atoms with van der Waals surface area (Å²) in [5.41, 5.74) is 1.15. The van der Waals surface area contributed by atoms with E-state index < -0.39 is 0 Å². The highest BCUT2D eigenvalue weighted by molar-refractivity contribution is 5.75. The predicted molar refractivity (Wildman–Crippen MR) is 89.0 cm³/mol. The van der Waals surface area contributed by atoms with Crippen molar-refractivity contribution in [3.63, 3.8) is 0 Å². The fourth-order valence-electron chi connectivity index (χ4n) is 3.41. The van der Waals surface area contributed by atoms with Gasteiger partial charge in [-0.1, -0.05) is 13.0 Å². The summed E-state index contributed by atoms with van der Waals surface area (Å²) in [6.45, 7) is 4.59. The van der Waals surface area contributed by atoms with E-state index in [4.69, 9.17) is 0 Å². The number of aryl methyl sites for hydroxylation is 2. The van der Waals surface area contributed by atoms with Crippen LogP contribution in [0.25, 0.3) is 11.0 Å². The van der Waals surface area contributed by atoms with Gasteiger partial charge < -0.3 is 14.9 Å². The summed E-state index contributed by atoms with van der Waals surface area (Å²) in [7, 11) is 0. The first kappa shape index (κ1) is 15.3. The van der Waals surface area contributed by atoms with Gasteiger partial charge >= 0.3 is 0 Å². The maximum atomic E-state index is 13.7. The highest BCUT2D eigenvalue weighted by Crippen LogP contribution is 2.20. The molecule has 2 aromatic heterocycles. The van der Waals surface area contributed by atoms with Crippen LogP contribution in [0.5, 0.6) is 0 Å². The average molecular weight is 328 g/mol. The summed E-state index contributed by atoms with van der Waals surface area (Å²) in [4.78, 5) is 7.50. The summed E-state index contributed by atoms with van der Waals surface area (Å²) in [6.07, 6.45) is 3.01. The van der Waals surface area contributed by atoms with Crippen LogP contribution in [0.4, 0.5) is 4.39 Å². The number of para-hydroxylation sites is 1. The predicted octanol–water partition coefficient (Wildman–Crippen LogP) is 2.21. The van der Waals surface area contributed by atoms with Crippen LogP contribution >= 0.6 is 0 Å². The van der Waals surface area contributed by atoms with Crippen LogP contribution in [0.15, 0.2) is 18.2 Å². The lowest BCUT2D eigenvalue weighted by atomic mass is 9.99. The topological polar surface area (TPSA) is 71.4 Å². The van der Waals surface area contributed by atoms with E-state index >= 15 is 0 Å². The minimum absolute atomic E-state index is 0.283. The molecule has 4 rings (SSSR count). The van der Waals surface area contributed by atoms with Gasteiger partial charge in [0.25, 0.3) is 0 Å². The molecule has 0 fully saturated rings. The molecular formula is C17H21FN6. The lowest BCUT2D eigenvalue weighted by molar-refractivity contribution is 0.341. The summed E-state index contributed by atoms with van der Waals surface area (Å²) in [5.74, 6) is 3.22. The first-order valence-corrected chi connectivity index (χ1v) is 8.49. The molecule has 1 aliphatic heterocycles. The number of hydrogen-bond donors (Lipinski definition) is 2. The van der Waals surface area contributed by atoms with E-state index in [0.29, 0.717) is 18.0 Å². The van der Waals surface area contributed by atoms with Gasteiger partial charge in [0.15, 0.2) is 5.82 Å². The molecule has 3 aromatic rings. The Bertz CT molecular complexity index is 839. The summed E-state index contributed by atoms with van der Waals surface area (Å²) < 4.78 is 15.9. The Morgan fingerprint density at radius 2 is 2.29 bits per heavy atom. The number of halogens is 1. The zero-order valence-electron chi connectivity index (χ0n) is 13.7. The molecule has 1 atom stereocenters. The van der Waals surface area contributed by atoms with E-state index in [0.717, 1.165) is 55.3 Å². The molecule has 0 aliphatic carbocycles. The number of fused-ring (bicyclic) bond motifs is 2. The molecule has 0 amide bonds. The second kappa shape index (κ2) is 6.32. The Morgan fingerprint density at radius 1 is 1.38 bits per heavy atom. The molecule has 0 saturated heterocycles. The van der Waals surface area contributed by atoms with Gasteiger partial charge in [0.2, 0.25) is 0 Å². The van der Waals surface area contributed by atoms with Crippen molar-refractivity contribution < 1.29 is 4.39 Å². The molecule has 0 saturated carbocycles. The van der Waals surface area contributed by atoms with Crippen molar-refractivity contribution in [3.05, 3.63) is 41.5 Å². The molecular weight excluding hydrogens is 307 g/mol. The van der Waals surface area contributed by atoms with Crippen LogP contribution in [-0.2, 0) is 25.9 Å². The number of hydrogen-bond acceptors (Lipinski definition) is 4. The van der Waals surface area contributed by atoms with Crippen LogP contribution in [0.1, 0.15) is 30.8 Å². The normalized spacial score (nSPS) is 17.3. The number of aromatic nitrogens is 5. The van der Waals surface area contributed by atoms with Crippen molar-refractivity contribution in [2.75, 3.05) is 6.54 Å². The highest BCUT2D eigenvalue weighted by atomic mass is 19.1. The lowest BCUT2D eigenvalue weighted by Crippen LogP contribution is -2.30. The number of aromatic amines is 1. The van der Waals surface area contributed by atoms with Crippen molar-refractivity contribution >= 4 is 11.0 Å². The van der Waals surface area contributed by atoms with Crippen LogP contribution in [0.3, 0.4) is 0 Å². The quantitative estimate of drug-likeness (QED) is 0.753. The molecule has 6 nitrogen and oxygen atoms in total. The van der Waals surface area contributed by atoms with Gasteiger partial charge in [-0.25, -0.2) is 9.37 Å². The van der Waals surface area contributed by atoms with Gasteiger partial charge in [-0.15, -0.1) is 10.2 Å². The third kappa shape index (κ3) is 2.80. The summed E-state index contributed by atoms with van der Waals surface area (Å²) >= 11 is 0. The summed E-state index contributed by atoms with van der Waals surface area (Å²) in [5, 5.41) is 12.0.